The van der Waals surface area contributed by atoms with E-state index in [1.807, 2.05) is 11.9 Å². The molecule has 2 aliphatic rings. The summed E-state index contributed by atoms with van der Waals surface area (Å²) in [6.07, 6.45) is 4.61. The molecule has 1 amide bonds. The molecule has 0 bridgehead atoms. The third kappa shape index (κ3) is 3.46. The van der Waals surface area contributed by atoms with Crippen LogP contribution < -0.4 is 5.32 Å². The normalized spacial score (nSPS) is 22.1. The molecule has 1 heterocycles. The van der Waals surface area contributed by atoms with Gasteiger partial charge in [0.05, 0.1) is 6.54 Å². The summed E-state index contributed by atoms with van der Waals surface area (Å²) in [7, 11) is 1.91. The predicted octanol–water partition coefficient (Wildman–Crippen LogP) is 0.623. The van der Waals surface area contributed by atoms with Crippen LogP contribution in [0.2, 0.25) is 0 Å². The van der Waals surface area contributed by atoms with Gasteiger partial charge in [-0.3, -0.25) is 4.79 Å². The van der Waals surface area contributed by atoms with Gasteiger partial charge in [-0.2, -0.15) is 0 Å². The average molecular weight is 226 g/mol. The van der Waals surface area contributed by atoms with Gasteiger partial charge in [-0.15, -0.1) is 0 Å². The summed E-state index contributed by atoms with van der Waals surface area (Å²) in [6.45, 7) is 3.20. The Morgan fingerprint density at radius 1 is 1.31 bits per heavy atom. The molecule has 0 aromatic carbocycles. The quantitative estimate of drug-likeness (QED) is 0.747. The highest BCUT2D eigenvalue weighted by Gasteiger charge is 2.29. The van der Waals surface area contributed by atoms with Crippen LogP contribution in [-0.4, -0.2) is 50.2 Å². The molecule has 16 heavy (non-hydrogen) atoms. The van der Waals surface area contributed by atoms with E-state index in [-0.39, 0.29) is 5.91 Å². The zero-order valence-corrected chi connectivity index (χ0v) is 10.1. The molecule has 0 spiro atoms. The van der Waals surface area contributed by atoms with Gasteiger partial charge in [-0.05, 0) is 38.1 Å². The Morgan fingerprint density at radius 3 is 2.62 bits per heavy atom. The second-order valence-corrected chi connectivity index (χ2v) is 4.92. The van der Waals surface area contributed by atoms with Crippen molar-refractivity contribution < 1.29 is 9.53 Å². The molecule has 0 unspecified atom stereocenters. The van der Waals surface area contributed by atoms with Gasteiger partial charge < -0.3 is 15.0 Å². The molecule has 1 saturated carbocycles. The molecule has 1 aliphatic carbocycles. The Labute approximate surface area is 97.3 Å². The van der Waals surface area contributed by atoms with Crippen LogP contribution >= 0.6 is 0 Å². The molecule has 0 aromatic rings. The summed E-state index contributed by atoms with van der Waals surface area (Å²) in [5, 5.41) is 3.27. The summed E-state index contributed by atoms with van der Waals surface area (Å²) < 4.78 is 5.30. The van der Waals surface area contributed by atoms with Gasteiger partial charge in [0.2, 0.25) is 5.91 Å². The van der Waals surface area contributed by atoms with Crippen molar-refractivity contribution in [3.05, 3.63) is 0 Å². The van der Waals surface area contributed by atoms with Crippen LogP contribution in [0, 0.1) is 5.92 Å². The first-order valence-corrected chi connectivity index (χ1v) is 6.31. The minimum atomic E-state index is 0.231. The summed E-state index contributed by atoms with van der Waals surface area (Å²) >= 11 is 0. The van der Waals surface area contributed by atoms with Gasteiger partial charge in [0.1, 0.15) is 0 Å². The van der Waals surface area contributed by atoms with Crippen molar-refractivity contribution in [3.63, 3.8) is 0 Å². The molecule has 0 aromatic heterocycles. The minimum Gasteiger partial charge on any atom is -0.381 e. The molecule has 0 atom stereocenters. The molecule has 4 nitrogen and oxygen atoms in total. The van der Waals surface area contributed by atoms with Crippen LogP contribution in [0.4, 0.5) is 0 Å². The number of amides is 1. The van der Waals surface area contributed by atoms with Crippen LogP contribution in [0.3, 0.4) is 0 Å². The molecule has 0 radical (unpaired) electrons. The number of nitrogens with zero attached hydrogens (tertiary/aromatic N) is 1. The molecule has 2 rings (SSSR count). The SMILES string of the molecule is CN(C(=O)CNCC1CCOCC1)C1CC1. The highest BCUT2D eigenvalue weighted by atomic mass is 16.5. The zero-order valence-electron chi connectivity index (χ0n) is 10.1. The molecule has 1 N–H and O–H groups in total. The Hall–Kier alpha value is -0.610. The highest BCUT2D eigenvalue weighted by Crippen LogP contribution is 2.25. The lowest BCUT2D eigenvalue weighted by atomic mass is 10.0. The number of carbonyl (C=O) groups is 1. The fourth-order valence-corrected chi connectivity index (χ4v) is 2.12. The Kier molecular flexibility index (Phi) is 4.18. The zero-order chi connectivity index (χ0) is 11.4. The van der Waals surface area contributed by atoms with E-state index in [0.717, 1.165) is 32.6 Å². The maximum atomic E-state index is 11.7. The standard InChI is InChI=1S/C12H22N2O2/c1-14(11-2-3-11)12(15)9-13-8-10-4-6-16-7-5-10/h10-11,13H,2-9H2,1H3. The number of ether oxygens (including phenoxy) is 1. The molecule has 1 aliphatic heterocycles. The fourth-order valence-electron chi connectivity index (χ4n) is 2.12. The molecule has 4 heteroatoms. The van der Waals surface area contributed by atoms with Gasteiger partial charge in [0.25, 0.3) is 0 Å². The second-order valence-electron chi connectivity index (χ2n) is 4.92. The summed E-state index contributed by atoms with van der Waals surface area (Å²) in [5.74, 6) is 0.919. The third-order valence-corrected chi connectivity index (χ3v) is 3.54. The third-order valence-electron chi connectivity index (χ3n) is 3.54. The van der Waals surface area contributed by atoms with Crippen LogP contribution in [0.15, 0.2) is 0 Å². The number of hydrogen-bond donors (Lipinski definition) is 1. The summed E-state index contributed by atoms with van der Waals surface area (Å²) in [5.41, 5.74) is 0. The van der Waals surface area contributed by atoms with Crippen LogP contribution in [0.5, 0.6) is 0 Å². The van der Waals surface area contributed by atoms with Gasteiger partial charge in [0.15, 0.2) is 0 Å². The molecule has 2 fully saturated rings. The number of likely N-dealkylation sites (N-methyl/N-ethyl adjacent to an activating group) is 1. The maximum absolute atomic E-state index is 11.7. The van der Waals surface area contributed by atoms with Gasteiger partial charge in [0, 0.05) is 26.3 Å². The van der Waals surface area contributed by atoms with E-state index >= 15 is 0 Å². The average Bonchev–Trinajstić information content (AvgIpc) is 3.13. The van der Waals surface area contributed by atoms with Crippen LogP contribution in [0.25, 0.3) is 0 Å². The lowest BCUT2D eigenvalue weighted by Crippen LogP contribution is -2.39. The largest absolute Gasteiger partial charge is 0.381 e. The number of nitrogens with one attached hydrogen (secondary N) is 1. The fraction of sp³-hybridized carbons (Fsp3) is 0.917. The van der Waals surface area contributed by atoms with E-state index in [1.165, 1.54) is 12.8 Å². The van der Waals surface area contributed by atoms with E-state index in [4.69, 9.17) is 4.74 Å². The smallest absolute Gasteiger partial charge is 0.236 e. The Bertz CT molecular complexity index is 235. The predicted molar refractivity (Wildman–Crippen MR) is 62.2 cm³/mol. The van der Waals surface area contributed by atoms with Crippen molar-refractivity contribution in [1.29, 1.82) is 0 Å². The van der Waals surface area contributed by atoms with Crippen molar-refractivity contribution in [1.82, 2.24) is 10.2 Å². The lowest BCUT2D eigenvalue weighted by Gasteiger charge is -2.23. The van der Waals surface area contributed by atoms with Gasteiger partial charge in [-0.1, -0.05) is 0 Å². The van der Waals surface area contributed by atoms with Crippen LogP contribution in [0.1, 0.15) is 25.7 Å². The number of hydrogen-bond acceptors (Lipinski definition) is 3. The number of rotatable bonds is 5. The topological polar surface area (TPSA) is 41.6 Å². The first-order chi connectivity index (χ1) is 7.77. The monoisotopic (exact) mass is 226 g/mol. The molecule has 1 saturated heterocycles. The van der Waals surface area contributed by atoms with Crippen molar-refractivity contribution in [3.8, 4) is 0 Å². The van der Waals surface area contributed by atoms with Crippen LogP contribution in [-0.2, 0) is 9.53 Å². The van der Waals surface area contributed by atoms with E-state index in [1.54, 1.807) is 0 Å². The van der Waals surface area contributed by atoms with E-state index in [9.17, 15) is 4.79 Å². The second kappa shape index (κ2) is 5.64. The Morgan fingerprint density at radius 2 is 2.00 bits per heavy atom. The van der Waals surface area contributed by atoms with E-state index in [0.29, 0.717) is 18.5 Å². The molecule has 92 valence electrons. The van der Waals surface area contributed by atoms with Gasteiger partial charge >= 0.3 is 0 Å². The lowest BCUT2D eigenvalue weighted by molar-refractivity contribution is -0.129. The Balaban J connectivity index is 1.57. The van der Waals surface area contributed by atoms with Crippen molar-refractivity contribution >= 4 is 5.91 Å². The van der Waals surface area contributed by atoms with E-state index < -0.39 is 0 Å². The minimum absolute atomic E-state index is 0.231. The first-order valence-electron chi connectivity index (χ1n) is 6.31. The summed E-state index contributed by atoms with van der Waals surface area (Å²) in [6, 6.07) is 0.525. The molecular weight excluding hydrogens is 204 g/mol. The van der Waals surface area contributed by atoms with Crippen molar-refractivity contribution in [2.75, 3.05) is 33.4 Å². The van der Waals surface area contributed by atoms with E-state index in [2.05, 4.69) is 5.32 Å². The van der Waals surface area contributed by atoms with Crippen molar-refractivity contribution in [2.24, 2.45) is 5.92 Å². The summed E-state index contributed by atoms with van der Waals surface area (Å²) in [4.78, 5) is 13.6. The maximum Gasteiger partial charge on any atom is 0.236 e. The first kappa shape index (κ1) is 11.9. The van der Waals surface area contributed by atoms with Crippen molar-refractivity contribution in [2.45, 2.75) is 31.7 Å². The molecular formula is C12H22N2O2. The number of carbonyl (C=O) groups excluding carboxylic acids is 1. The highest BCUT2D eigenvalue weighted by molar-refractivity contribution is 5.78. The van der Waals surface area contributed by atoms with Gasteiger partial charge in [-0.25, -0.2) is 0 Å².